The molecule has 21 heavy (non-hydrogen) atoms. The van der Waals surface area contributed by atoms with Crippen LogP contribution in [0.3, 0.4) is 0 Å². The first-order valence-corrected chi connectivity index (χ1v) is 8.78. The molecule has 1 saturated carbocycles. The van der Waals surface area contributed by atoms with Crippen LogP contribution in [0.1, 0.15) is 43.0 Å². The standard InChI is InChI=1S/C16H18BrClN2O/c17-10-12-4-3-7-15(18)16(12)21-11-13-8-9-20(19-13)14-5-1-2-6-14/h3-4,7-9,14H,1-2,5-6,10-11H2. The van der Waals surface area contributed by atoms with E-state index in [9.17, 15) is 0 Å². The second-order valence-electron chi connectivity index (χ2n) is 5.38. The lowest BCUT2D eigenvalue weighted by molar-refractivity contribution is 0.296. The maximum Gasteiger partial charge on any atom is 0.142 e. The number of aromatic nitrogens is 2. The topological polar surface area (TPSA) is 27.1 Å². The molecule has 1 aliphatic rings. The van der Waals surface area contributed by atoms with Gasteiger partial charge >= 0.3 is 0 Å². The fraction of sp³-hybridized carbons (Fsp3) is 0.438. The van der Waals surface area contributed by atoms with Gasteiger partial charge in [0.15, 0.2) is 0 Å². The van der Waals surface area contributed by atoms with E-state index in [1.807, 2.05) is 24.3 Å². The smallest absolute Gasteiger partial charge is 0.142 e. The normalized spacial score (nSPS) is 15.5. The highest BCUT2D eigenvalue weighted by Gasteiger charge is 2.17. The van der Waals surface area contributed by atoms with Gasteiger partial charge < -0.3 is 4.74 Å². The van der Waals surface area contributed by atoms with E-state index < -0.39 is 0 Å². The molecule has 0 aliphatic heterocycles. The third-order valence-electron chi connectivity index (χ3n) is 3.92. The lowest BCUT2D eigenvalue weighted by Gasteiger charge is -2.11. The summed E-state index contributed by atoms with van der Waals surface area (Å²) in [4.78, 5) is 0. The first kappa shape index (κ1) is 14.9. The van der Waals surface area contributed by atoms with Crippen LogP contribution in [0.15, 0.2) is 30.5 Å². The van der Waals surface area contributed by atoms with Gasteiger partial charge in [0.05, 0.1) is 16.8 Å². The summed E-state index contributed by atoms with van der Waals surface area (Å²) in [5.41, 5.74) is 2.00. The SMILES string of the molecule is Clc1cccc(CBr)c1OCc1ccn(C2CCCC2)n1. The fourth-order valence-electron chi connectivity index (χ4n) is 2.79. The molecule has 1 fully saturated rings. The van der Waals surface area contributed by atoms with Gasteiger partial charge in [-0.25, -0.2) is 0 Å². The first-order chi connectivity index (χ1) is 10.3. The van der Waals surface area contributed by atoms with Crippen molar-refractivity contribution in [1.29, 1.82) is 0 Å². The highest BCUT2D eigenvalue weighted by Crippen LogP contribution is 2.31. The van der Waals surface area contributed by atoms with E-state index in [2.05, 4.69) is 31.9 Å². The second kappa shape index (κ2) is 6.84. The molecular formula is C16H18BrClN2O. The molecule has 0 atom stereocenters. The van der Waals surface area contributed by atoms with Gasteiger partial charge in [0, 0.05) is 17.1 Å². The van der Waals surface area contributed by atoms with Crippen LogP contribution >= 0.6 is 27.5 Å². The van der Waals surface area contributed by atoms with Crippen LogP contribution in [0, 0.1) is 0 Å². The van der Waals surface area contributed by atoms with Gasteiger partial charge in [-0.05, 0) is 25.0 Å². The molecule has 1 aliphatic carbocycles. The van der Waals surface area contributed by atoms with Crippen molar-refractivity contribution in [3.63, 3.8) is 0 Å². The molecule has 1 aromatic heterocycles. The fourth-order valence-corrected chi connectivity index (χ4v) is 3.48. The van der Waals surface area contributed by atoms with E-state index in [1.165, 1.54) is 25.7 Å². The van der Waals surface area contributed by atoms with Gasteiger partial charge in [-0.2, -0.15) is 5.10 Å². The summed E-state index contributed by atoms with van der Waals surface area (Å²) >= 11 is 9.67. The van der Waals surface area contributed by atoms with Crippen molar-refractivity contribution in [2.45, 2.75) is 43.7 Å². The highest BCUT2D eigenvalue weighted by atomic mass is 79.9. The predicted octanol–water partition coefficient (Wildman–Crippen LogP) is 5.13. The van der Waals surface area contributed by atoms with E-state index >= 15 is 0 Å². The Morgan fingerprint density at radius 2 is 2.10 bits per heavy atom. The minimum absolute atomic E-state index is 0.448. The van der Waals surface area contributed by atoms with Gasteiger partial charge in [-0.3, -0.25) is 4.68 Å². The molecule has 1 heterocycles. The monoisotopic (exact) mass is 368 g/mol. The second-order valence-corrected chi connectivity index (χ2v) is 6.34. The Bertz CT molecular complexity index is 608. The molecule has 0 N–H and O–H groups in total. The number of halogens is 2. The van der Waals surface area contributed by atoms with Crippen LogP contribution in [0.2, 0.25) is 5.02 Å². The number of hydrogen-bond donors (Lipinski definition) is 0. The zero-order chi connectivity index (χ0) is 14.7. The molecule has 0 saturated heterocycles. The Hall–Kier alpha value is -1.00. The average molecular weight is 370 g/mol. The number of ether oxygens (including phenoxy) is 1. The van der Waals surface area contributed by atoms with Crippen molar-refractivity contribution in [2.24, 2.45) is 0 Å². The van der Waals surface area contributed by atoms with Crippen molar-refractivity contribution in [1.82, 2.24) is 9.78 Å². The Morgan fingerprint density at radius 3 is 2.86 bits per heavy atom. The summed E-state index contributed by atoms with van der Waals surface area (Å²) < 4.78 is 7.97. The number of benzene rings is 1. The third kappa shape index (κ3) is 3.43. The maximum atomic E-state index is 6.21. The predicted molar refractivity (Wildman–Crippen MR) is 88.1 cm³/mol. The minimum Gasteiger partial charge on any atom is -0.485 e. The van der Waals surface area contributed by atoms with Crippen molar-refractivity contribution in [2.75, 3.05) is 0 Å². The largest absolute Gasteiger partial charge is 0.485 e. The Morgan fingerprint density at radius 1 is 1.29 bits per heavy atom. The molecule has 3 rings (SSSR count). The van der Waals surface area contributed by atoms with Crippen LogP contribution in [0.5, 0.6) is 5.75 Å². The van der Waals surface area contributed by atoms with Gasteiger partial charge in [0.1, 0.15) is 12.4 Å². The molecule has 1 aromatic carbocycles. The molecule has 0 bridgehead atoms. The number of para-hydroxylation sites is 1. The number of alkyl halides is 1. The Balaban J connectivity index is 1.68. The van der Waals surface area contributed by atoms with E-state index in [0.29, 0.717) is 17.7 Å². The van der Waals surface area contributed by atoms with Crippen molar-refractivity contribution in [3.8, 4) is 5.75 Å². The summed E-state index contributed by atoms with van der Waals surface area (Å²) in [6, 6.07) is 8.38. The van der Waals surface area contributed by atoms with Crippen LogP contribution in [0.4, 0.5) is 0 Å². The van der Waals surface area contributed by atoms with E-state index in [4.69, 9.17) is 16.3 Å². The Labute approximate surface area is 138 Å². The first-order valence-electron chi connectivity index (χ1n) is 7.28. The summed E-state index contributed by atoms with van der Waals surface area (Å²) in [7, 11) is 0. The van der Waals surface area contributed by atoms with Gasteiger partial charge in [0.2, 0.25) is 0 Å². The van der Waals surface area contributed by atoms with E-state index in [0.717, 1.165) is 22.3 Å². The lowest BCUT2D eigenvalue weighted by Crippen LogP contribution is -2.06. The minimum atomic E-state index is 0.448. The third-order valence-corrected chi connectivity index (χ3v) is 4.82. The van der Waals surface area contributed by atoms with Crippen LogP contribution in [-0.2, 0) is 11.9 Å². The van der Waals surface area contributed by atoms with Crippen molar-refractivity contribution < 1.29 is 4.74 Å². The van der Waals surface area contributed by atoms with Crippen LogP contribution in [0.25, 0.3) is 0 Å². The zero-order valence-electron chi connectivity index (χ0n) is 11.8. The molecule has 0 unspecified atom stereocenters. The summed E-state index contributed by atoms with van der Waals surface area (Å²) in [6.07, 6.45) is 7.16. The zero-order valence-corrected chi connectivity index (χ0v) is 14.1. The Kier molecular flexibility index (Phi) is 4.86. The highest BCUT2D eigenvalue weighted by molar-refractivity contribution is 9.08. The summed E-state index contributed by atoms with van der Waals surface area (Å²) in [6.45, 7) is 0.448. The summed E-state index contributed by atoms with van der Waals surface area (Å²) in [5, 5.41) is 5.99. The van der Waals surface area contributed by atoms with E-state index in [-0.39, 0.29) is 0 Å². The number of hydrogen-bond acceptors (Lipinski definition) is 2. The maximum absolute atomic E-state index is 6.21. The molecule has 112 valence electrons. The van der Waals surface area contributed by atoms with E-state index in [1.54, 1.807) is 0 Å². The number of nitrogens with zero attached hydrogens (tertiary/aromatic N) is 2. The average Bonchev–Trinajstić information content (AvgIpc) is 3.16. The molecule has 0 amide bonds. The molecule has 0 radical (unpaired) electrons. The number of rotatable bonds is 5. The molecule has 3 nitrogen and oxygen atoms in total. The van der Waals surface area contributed by atoms with Crippen LogP contribution < -0.4 is 4.74 Å². The van der Waals surface area contributed by atoms with Gasteiger partial charge in [-0.1, -0.05) is 52.5 Å². The quantitative estimate of drug-likeness (QED) is 0.683. The van der Waals surface area contributed by atoms with Crippen molar-refractivity contribution >= 4 is 27.5 Å². The summed E-state index contributed by atoms with van der Waals surface area (Å²) in [5.74, 6) is 0.742. The molecule has 2 aromatic rings. The van der Waals surface area contributed by atoms with Gasteiger partial charge in [-0.15, -0.1) is 0 Å². The molecule has 0 spiro atoms. The molecular weight excluding hydrogens is 352 g/mol. The van der Waals surface area contributed by atoms with Crippen molar-refractivity contribution in [3.05, 3.63) is 46.7 Å². The van der Waals surface area contributed by atoms with Gasteiger partial charge in [0.25, 0.3) is 0 Å². The van der Waals surface area contributed by atoms with Crippen LogP contribution in [-0.4, -0.2) is 9.78 Å². The molecule has 5 heteroatoms. The lowest BCUT2D eigenvalue weighted by atomic mass is 10.2.